The standard InChI is InChI=1S/C28H31FN2O2S/c1-2-3-5-21-7-11-23(12-8-21)28(33)31(25-15-16-25)20-27(32)30(19-26-6-4-17-34-26)18-22-9-13-24(29)14-10-22/h4,6-14,17,25H,2-3,5,15-16,18-20H2,1H3. The number of carbonyl (C=O) groups excluding carboxylic acids is 2. The molecule has 1 fully saturated rings. The highest BCUT2D eigenvalue weighted by atomic mass is 32.1. The van der Waals surface area contributed by atoms with Crippen LogP contribution in [0.1, 0.15) is 59.0 Å². The Morgan fingerprint density at radius 2 is 1.68 bits per heavy atom. The summed E-state index contributed by atoms with van der Waals surface area (Å²) >= 11 is 1.59. The first-order valence-electron chi connectivity index (χ1n) is 12.0. The molecule has 2 amide bonds. The smallest absolute Gasteiger partial charge is 0.254 e. The van der Waals surface area contributed by atoms with Gasteiger partial charge in [-0.3, -0.25) is 9.59 Å². The van der Waals surface area contributed by atoms with E-state index in [0.29, 0.717) is 18.7 Å². The van der Waals surface area contributed by atoms with Crippen LogP contribution in [0.4, 0.5) is 4.39 Å². The molecule has 0 radical (unpaired) electrons. The Morgan fingerprint density at radius 1 is 0.971 bits per heavy atom. The van der Waals surface area contributed by atoms with Gasteiger partial charge in [-0.05, 0) is 72.5 Å². The number of hydrogen-bond acceptors (Lipinski definition) is 3. The lowest BCUT2D eigenvalue weighted by atomic mass is 10.1. The van der Waals surface area contributed by atoms with E-state index in [1.54, 1.807) is 33.3 Å². The number of aryl methyl sites for hydroxylation is 1. The van der Waals surface area contributed by atoms with Gasteiger partial charge < -0.3 is 9.80 Å². The van der Waals surface area contributed by atoms with E-state index in [2.05, 4.69) is 6.92 Å². The third-order valence-electron chi connectivity index (χ3n) is 6.14. The van der Waals surface area contributed by atoms with Crippen molar-refractivity contribution in [1.29, 1.82) is 0 Å². The fourth-order valence-electron chi connectivity index (χ4n) is 3.99. The number of hydrogen-bond donors (Lipinski definition) is 0. The number of unbranched alkanes of at least 4 members (excludes halogenated alkanes) is 1. The van der Waals surface area contributed by atoms with Crippen molar-refractivity contribution in [1.82, 2.24) is 9.80 Å². The summed E-state index contributed by atoms with van der Waals surface area (Å²) in [7, 11) is 0. The van der Waals surface area contributed by atoms with Crippen LogP contribution in [0.3, 0.4) is 0 Å². The molecule has 0 N–H and O–H groups in total. The number of halogens is 1. The molecule has 2 aromatic carbocycles. The third-order valence-corrected chi connectivity index (χ3v) is 7.00. The zero-order chi connectivity index (χ0) is 23.9. The van der Waals surface area contributed by atoms with Gasteiger partial charge in [0.15, 0.2) is 0 Å². The van der Waals surface area contributed by atoms with Crippen LogP contribution in [0.5, 0.6) is 0 Å². The van der Waals surface area contributed by atoms with Crippen molar-refractivity contribution in [3.63, 3.8) is 0 Å². The Balaban J connectivity index is 1.48. The minimum absolute atomic E-state index is 0.0493. The van der Waals surface area contributed by atoms with Crippen LogP contribution >= 0.6 is 11.3 Å². The molecule has 1 aromatic heterocycles. The van der Waals surface area contributed by atoms with Crippen LogP contribution in [-0.2, 0) is 24.3 Å². The van der Waals surface area contributed by atoms with Crippen LogP contribution < -0.4 is 0 Å². The number of rotatable bonds is 11. The van der Waals surface area contributed by atoms with Gasteiger partial charge in [-0.2, -0.15) is 0 Å². The SMILES string of the molecule is CCCCc1ccc(C(=O)N(CC(=O)N(Cc2ccc(F)cc2)Cc2cccs2)C2CC2)cc1. The molecule has 4 rings (SSSR count). The van der Waals surface area contributed by atoms with Gasteiger partial charge in [-0.1, -0.05) is 43.7 Å². The van der Waals surface area contributed by atoms with Crippen molar-refractivity contribution in [3.8, 4) is 0 Å². The maximum absolute atomic E-state index is 13.5. The molecule has 178 valence electrons. The largest absolute Gasteiger partial charge is 0.332 e. The molecule has 34 heavy (non-hydrogen) atoms. The topological polar surface area (TPSA) is 40.6 Å². The predicted octanol–water partition coefficient (Wildman–Crippen LogP) is 6.06. The van der Waals surface area contributed by atoms with Gasteiger partial charge in [0.2, 0.25) is 5.91 Å². The lowest BCUT2D eigenvalue weighted by Crippen LogP contribution is -2.43. The second-order valence-corrected chi connectivity index (χ2v) is 9.95. The van der Waals surface area contributed by atoms with E-state index in [1.165, 1.54) is 17.7 Å². The molecule has 0 atom stereocenters. The number of amides is 2. The van der Waals surface area contributed by atoms with Gasteiger partial charge in [-0.25, -0.2) is 4.39 Å². The van der Waals surface area contributed by atoms with E-state index >= 15 is 0 Å². The summed E-state index contributed by atoms with van der Waals surface area (Å²) in [4.78, 5) is 31.4. The molecular formula is C28H31FN2O2S. The first-order chi connectivity index (χ1) is 16.5. The summed E-state index contributed by atoms with van der Waals surface area (Å²) in [6.45, 7) is 3.05. The van der Waals surface area contributed by atoms with Gasteiger partial charge in [0, 0.05) is 23.0 Å². The molecule has 4 nitrogen and oxygen atoms in total. The van der Waals surface area contributed by atoms with Crippen LogP contribution in [0.2, 0.25) is 0 Å². The van der Waals surface area contributed by atoms with Crippen molar-refractivity contribution >= 4 is 23.2 Å². The van der Waals surface area contributed by atoms with Crippen LogP contribution in [0.25, 0.3) is 0 Å². The van der Waals surface area contributed by atoms with E-state index in [-0.39, 0.29) is 30.2 Å². The van der Waals surface area contributed by atoms with Crippen molar-refractivity contribution in [2.75, 3.05) is 6.54 Å². The number of nitrogens with zero attached hydrogens (tertiary/aromatic N) is 2. The van der Waals surface area contributed by atoms with Crippen LogP contribution in [0, 0.1) is 5.82 Å². The normalized spacial score (nSPS) is 13.0. The number of carbonyl (C=O) groups is 2. The summed E-state index contributed by atoms with van der Waals surface area (Å²) in [5.74, 6) is -0.487. The van der Waals surface area contributed by atoms with E-state index < -0.39 is 0 Å². The van der Waals surface area contributed by atoms with Gasteiger partial charge in [0.25, 0.3) is 5.91 Å². The van der Waals surface area contributed by atoms with Crippen molar-refractivity contribution in [3.05, 3.63) is 93.4 Å². The summed E-state index contributed by atoms with van der Waals surface area (Å²) in [6.07, 6.45) is 5.13. The molecule has 0 spiro atoms. The minimum Gasteiger partial charge on any atom is -0.332 e. The lowest BCUT2D eigenvalue weighted by molar-refractivity contribution is -0.133. The Morgan fingerprint density at radius 3 is 2.29 bits per heavy atom. The molecule has 0 bridgehead atoms. The maximum Gasteiger partial charge on any atom is 0.254 e. The average molecular weight is 479 g/mol. The molecular weight excluding hydrogens is 447 g/mol. The first kappa shape index (κ1) is 24.1. The van der Waals surface area contributed by atoms with Crippen LogP contribution in [0.15, 0.2) is 66.0 Å². The Bertz CT molecular complexity index is 1080. The fourth-order valence-corrected chi connectivity index (χ4v) is 4.71. The highest BCUT2D eigenvalue weighted by Crippen LogP contribution is 2.29. The highest BCUT2D eigenvalue weighted by molar-refractivity contribution is 7.09. The van der Waals surface area contributed by atoms with E-state index in [0.717, 1.165) is 42.5 Å². The monoisotopic (exact) mass is 478 g/mol. The summed E-state index contributed by atoms with van der Waals surface area (Å²) in [6, 6.07) is 18.1. The first-order valence-corrected chi connectivity index (χ1v) is 12.9. The zero-order valence-corrected chi connectivity index (χ0v) is 20.4. The Hall–Kier alpha value is -2.99. The van der Waals surface area contributed by atoms with Gasteiger partial charge in [0.1, 0.15) is 12.4 Å². The fraction of sp³-hybridized carbons (Fsp3) is 0.357. The lowest BCUT2D eigenvalue weighted by Gasteiger charge is -2.28. The molecule has 0 saturated heterocycles. The second kappa shape index (κ2) is 11.4. The zero-order valence-electron chi connectivity index (χ0n) is 19.6. The Kier molecular flexibility index (Phi) is 8.12. The quantitative estimate of drug-likeness (QED) is 0.336. The average Bonchev–Trinajstić information content (AvgIpc) is 3.57. The molecule has 6 heteroatoms. The van der Waals surface area contributed by atoms with Crippen LogP contribution in [-0.4, -0.2) is 34.2 Å². The summed E-state index contributed by atoms with van der Waals surface area (Å²) < 4.78 is 13.4. The number of thiophene rings is 1. The predicted molar refractivity (Wildman–Crippen MR) is 134 cm³/mol. The summed E-state index contributed by atoms with van der Waals surface area (Å²) in [5, 5.41) is 1.99. The number of benzene rings is 2. The van der Waals surface area contributed by atoms with Crippen molar-refractivity contribution in [2.24, 2.45) is 0 Å². The van der Waals surface area contributed by atoms with E-state index in [9.17, 15) is 14.0 Å². The van der Waals surface area contributed by atoms with Gasteiger partial charge in [-0.15, -0.1) is 11.3 Å². The second-order valence-electron chi connectivity index (χ2n) is 8.92. The van der Waals surface area contributed by atoms with Crippen molar-refractivity contribution < 1.29 is 14.0 Å². The molecule has 1 heterocycles. The summed E-state index contributed by atoms with van der Waals surface area (Å²) in [5.41, 5.74) is 2.72. The molecule has 1 saturated carbocycles. The Labute approximate surface area is 205 Å². The molecule has 3 aromatic rings. The maximum atomic E-state index is 13.5. The van der Waals surface area contributed by atoms with Gasteiger partial charge in [0.05, 0.1) is 6.54 Å². The van der Waals surface area contributed by atoms with Crippen molar-refractivity contribution in [2.45, 2.75) is 58.2 Å². The minimum atomic E-state index is -0.300. The third kappa shape index (κ3) is 6.54. The molecule has 0 aliphatic heterocycles. The highest BCUT2D eigenvalue weighted by Gasteiger charge is 2.35. The molecule has 1 aliphatic carbocycles. The van der Waals surface area contributed by atoms with E-state index in [1.807, 2.05) is 41.8 Å². The molecule has 0 unspecified atom stereocenters. The molecule has 1 aliphatic rings. The van der Waals surface area contributed by atoms with Gasteiger partial charge >= 0.3 is 0 Å². The van der Waals surface area contributed by atoms with E-state index in [4.69, 9.17) is 0 Å².